The quantitative estimate of drug-likeness (QED) is 0.883. The number of amides is 1. The number of pyridine rings is 1. The van der Waals surface area contributed by atoms with Crippen LogP contribution in [0.3, 0.4) is 0 Å². The molecule has 0 aromatic carbocycles. The summed E-state index contributed by atoms with van der Waals surface area (Å²) in [5.41, 5.74) is 0.497. The molecule has 0 radical (unpaired) electrons. The molecule has 2 N–H and O–H groups in total. The summed E-state index contributed by atoms with van der Waals surface area (Å²) in [5, 5.41) is 9.68. The highest BCUT2D eigenvalue weighted by atomic mass is 79.9. The molecule has 0 unspecified atom stereocenters. The molecule has 0 saturated heterocycles. The highest BCUT2D eigenvalue weighted by Gasteiger charge is 2.18. The highest BCUT2D eigenvalue weighted by Crippen LogP contribution is 2.19. The minimum Gasteiger partial charge on any atom is -0.372 e. The summed E-state index contributed by atoms with van der Waals surface area (Å²) in [6, 6.07) is 1.74. The lowest BCUT2D eigenvalue weighted by atomic mass is 10.2. The number of halogens is 1. The largest absolute Gasteiger partial charge is 0.372 e. The fourth-order valence-electron chi connectivity index (χ4n) is 1.75. The average Bonchev–Trinajstić information content (AvgIpc) is 2.83. The zero-order valence-corrected chi connectivity index (χ0v) is 13.0. The summed E-state index contributed by atoms with van der Waals surface area (Å²) in [6.45, 7) is 2.15. The number of hydrogen-bond acceptors (Lipinski definition) is 5. The van der Waals surface area contributed by atoms with Crippen LogP contribution in [-0.4, -0.2) is 45.1 Å². The van der Waals surface area contributed by atoms with Crippen molar-refractivity contribution in [1.82, 2.24) is 25.1 Å². The van der Waals surface area contributed by atoms with Gasteiger partial charge in [-0.3, -0.25) is 9.89 Å². The van der Waals surface area contributed by atoms with Crippen LogP contribution >= 0.6 is 15.9 Å². The fourth-order valence-corrected chi connectivity index (χ4v) is 2.08. The van der Waals surface area contributed by atoms with Gasteiger partial charge >= 0.3 is 0 Å². The van der Waals surface area contributed by atoms with Gasteiger partial charge in [-0.2, -0.15) is 5.10 Å². The summed E-state index contributed by atoms with van der Waals surface area (Å²) in [5.74, 6) is 1.69. The number of aromatic nitrogens is 4. The van der Waals surface area contributed by atoms with E-state index in [2.05, 4.69) is 41.4 Å². The predicted octanol–water partition coefficient (Wildman–Crippen LogP) is 1.58. The second-order valence-electron chi connectivity index (χ2n) is 4.30. The first-order chi connectivity index (χ1) is 9.51. The van der Waals surface area contributed by atoms with Gasteiger partial charge in [0.15, 0.2) is 5.82 Å². The van der Waals surface area contributed by atoms with Crippen LogP contribution in [0.4, 0.5) is 5.82 Å². The van der Waals surface area contributed by atoms with Crippen molar-refractivity contribution in [1.29, 1.82) is 0 Å². The first-order valence-corrected chi connectivity index (χ1v) is 6.77. The molecule has 2 rings (SSSR count). The number of carbonyl (C=O) groups is 1. The van der Waals surface area contributed by atoms with Crippen LogP contribution in [0.2, 0.25) is 0 Å². The molecule has 0 aliphatic rings. The standard InChI is InChI=1S/C12H15BrN6O/c1-7-16-10(18-17-7)6-19(3)12(20)9-4-8(13)5-15-11(9)14-2/h4-5H,6H2,1-3H3,(H,14,15)(H,16,17,18). The van der Waals surface area contributed by atoms with E-state index in [1.54, 1.807) is 31.3 Å². The molecule has 0 aliphatic carbocycles. The monoisotopic (exact) mass is 338 g/mol. The summed E-state index contributed by atoms with van der Waals surface area (Å²) >= 11 is 3.32. The summed E-state index contributed by atoms with van der Waals surface area (Å²) in [6.07, 6.45) is 1.64. The number of nitrogens with one attached hydrogen (secondary N) is 2. The Kier molecular flexibility index (Phi) is 4.33. The van der Waals surface area contributed by atoms with Crippen molar-refractivity contribution < 1.29 is 4.79 Å². The maximum absolute atomic E-state index is 12.4. The number of carbonyl (C=O) groups excluding carboxylic acids is 1. The third-order valence-corrected chi connectivity index (χ3v) is 3.12. The van der Waals surface area contributed by atoms with Crippen molar-refractivity contribution in [2.45, 2.75) is 13.5 Å². The minimum atomic E-state index is -0.148. The highest BCUT2D eigenvalue weighted by molar-refractivity contribution is 9.10. The van der Waals surface area contributed by atoms with Crippen LogP contribution < -0.4 is 5.32 Å². The van der Waals surface area contributed by atoms with Crippen LogP contribution in [0, 0.1) is 6.92 Å². The molecule has 2 aromatic heterocycles. The molecule has 0 aliphatic heterocycles. The van der Waals surface area contributed by atoms with Crippen molar-refractivity contribution in [3.05, 3.63) is 33.9 Å². The van der Waals surface area contributed by atoms with Crippen LogP contribution in [0.25, 0.3) is 0 Å². The van der Waals surface area contributed by atoms with E-state index in [0.29, 0.717) is 23.8 Å². The van der Waals surface area contributed by atoms with E-state index in [1.165, 1.54) is 0 Å². The Morgan fingerprint density at radius 2 is 2.30 bits per heavy atom. The maximum Gasteiger partial charge on any atom is 0.257 e. The minimum absolute atomic E-state index is 0.148. The van der Waals surface area contributed by atoms with Crippen LogP contribution in [0.15, 0.2) is 16.7 Å². The van der Waals surface area contributed by atoms with E-state index in [9.17, 15) is 4.79 Å². The van der Waals surface area contributed by atoms with Gasteiger partial charge in [0.05, 0.1) is 12.1 Å². The fraction of sp³-hybridized carbons (Fsp3) is 0.333. The number of rotatable bonds is 4. The lowest BCUT2D eigenvalue weighted by molar-refractivity contribution is 0.0782. The number of aryl methyl sites for hydroxylation is 1. The number of nitrogens with zero attached hydrogens (tertiary/aromatic N) is 4. The van der Waals surface area contributed by atoms with E-state index in [-0.39, 0.29) is 5.91 Å². The van der Waals surface area contributed by atoms with Gasteiger partial charge in [0.2, 0.25) is 0 Å². The summed E-state index contributed by atoms with van der Waals surface area (Å²) in [7, 11) is 3.43. The SMILES string of the molecule is CNc1ncc(Br)cc1C(=O)N(C)Cc1n[nH]c(C)n1. The molecule has 0 fully saturated rings. The lowest BCUT2D eigenvalue weighted by Crippen LogP contribution is -2.27. The van der Waals surface area contributed by atoms with E-state index in [1.807, 2.05) is 6.92 Å². The van der Waals surface area contributed by atoms with E-state index >= 15 is 0 Å². The Bertz CT molecular complexity index is 626. The number of H-pyrrole nitrogens is 1. The van der Waals surface area contributed by atoms with Crippen LogP contribution in [0.1, 0.15) is 22.0 Å². The van der Waals surface area contributed by atoms with Gasteiger partial charge in [0.25, 0.3) is 5.91 Å². The molecule has 2 aromatic rings. The number of aromatic amines is 1. The average molecular weight is 339 g/mol. The zero-order chi connectivity index (χ0) is 14.7. The maximum atomic E-state index is 12.4. The van der Waals surface area contributed by atoms with Gasteiger partial charge in [-0.25, -0.2) is 9.97 Å². The molecule has 8 heteroatoms. The molecular weight excluding hydrogens is 324 g/mol. The van der Waals surface area contributed by atoms with Crippen molar-refractivity contribution >= 4 is 27.7 Å². The Hall–Kier alpha value is -1.96. The number of hydrogen-bond donors (Lipinski definition) is 2. The first-order valence-electron chi connectivity index (χ1n) is 5.98. The van der Waals surface area contributed by atoms with Gasteiger partial charge in [0, 0.05) is 24.8 Å². The van der Waals surface area contributed by atoms with Gasteiger partial charge in [-0.05, 0) is 28.9 Å². The van der Waals surface area contributed by atoms with E-state index in [0.717, 1.165) is 10.3 Å². The predicted molar refractivity (Wildman–Crippen MR) is 78.4 cm³/mol. The first kappa shape index (κ1) is 14.4. The topological polar surface area (TPSA) is 86.8 Å². The third kappa shape index (κ3) is 3.13. The molecule has 20 heavy (non-hydrogen) atoms. The number of anilines is 1. The van der Waals surface area contributed by atoms with Gasteiger partial charge in [0.1, 0.15) is 11.6 Å². The molecule has 1 amide bonds. The van der Waals surface area contributed by atoms with Crippen LogP contribution in [0.5, 0.6) is 0 Å². The molecule has 0 bridgehead atoms. The lowest BCUT2D eigenvalue weighted by Gasteiger charge is -2.17. The summed E-state index contributed by atoms with van der Waals surface area (Å²) in [4.78, 5) is 22.3. The second-order valence-corrected chi connectivity index (χ2v) is 5.21. The molecule has 2 heterocycles. The Morgan fingerprint density at radius 3 is 2.90 bits per heavy atom. The molecule has 0 atom stereocenters. The van der Waals surface area contributed by atoms with Gasteiger partial charge in [-0.15, -0.1) is 0 Å². The molecule has 106 valence electrons. The third-order valence-electron chi connectivity index (χ3n) is 2.69. The Morgan fingerprint density at radius 1 is 1.55 bits per heavy atom. The summed E-state index contributed by atoms with van der Waals surface area (Å²) < 4.78 is 0.752. The van der Waals surface area contributed by atoms with Crippen molar-refractivity contribution in [3.63, 3.8) is 0 Å². The van der Waals surface area contributed by atoms with Crippen molar-refractivity contribution in [2.75, 3.05) is 19.4 Å². The van der Waals surface area contributed by atoms with Crippen molar-refractivity contribution in [2.24, 2.45) is 0 Å². The van der Waals surface area contributed by atoms with E-state index < -0.39 is 0 Å². The van der Waals surface area contributed by atoms with Gasteiger partial charge in [-0.1, -0.05) is 0 Å². The molecular formula is C12H15BrN6O. The molecule has 7 nitrogen and oxygen atoms in total. The normalized spacial score (nSPS) is 10.4. The van der Waals surface area contributed by atoms with E-state index in [4.69, 9.17) is 0 Å². The van der Waals surface area contributed by atoms with Crippen LogP contribution in [-0.2, 0) is 6.54 Å². The van der Waals surface area contributed by atoms with Gasteiger partial charge < -0.3 is 10.2 Å². The van der Waals surface area contributed by atoms with Crippen molar-refractivity contribution in [3.8, 4) is 0 Å². The molecule has 0 saturated carbocycles. The Labute approximate surface area is 124 Å². The Balaban J connectivity index is 2.20. The smallest absolute Gasteiger partial charge is 0.257 e. The zero-order valence-electron chi connectivity index (χ0n) is 11.4. The second kappa shape index (κ2) is 6.00. The molecule has 0 spiro atoms.